The Morgan fingerprint density at radius 2 is 1.84 bits per heavy atom. The summed E-state index contributed by atoms with van der Waals surface area (Å²) in [6.45, 7) is 3.60. The van der Waals surface area contributed by atoms with Gasteiger partial charge in [0.15, 0.2) is 0 Å². The molecule has 0 unspecified atom stereocenters. The lowest BCUT2D eigenvalue weighted by atomic mass is 9.81. The van der Waals surface area contributed by atoms with Crippen molar-refractivity contribution in [3.05, 3.63) is 69.7 Å². The van der Waals surface area contributed by atoms with E-state index in [1.54, 1.807) is 6.92 Å². The number of rotatable bonds is 3. The molecule has 1 aliphatic heterocycles. The van der Waals surface area contributed by atoms with Crippen LogP contribution in [0.15, 0.2) is 48.5 Å². The molecule has 3 nitrogen and oxygen atoms in total. The zero-order valence-electron chi connectivity index (χ0n) is 14.3. The number of amides is 1. The van der Waals surface area contributed by atoms with E-state index in [-0.39, 0.29) is 23.7 Å². The van der Waals surface area contributed by atoms with E-state index in [4.69, 9.17) is 27.9 Å². The summed E-state index contributed by atoms with van der Waals surface area (Å²) >= 11 is 12.5. The maximum Gasteiger partial charge on any atom is 0.217 e. The number of benzene rings is 2. The van der Waals surface area contributed by atoms with Crippen molar-refractivity contribution in [2.24, 2.45) is 0 Å². The summed E-state index contributed by atoms with van der Waals surface area (Å²) in [5.74, 6) is -0.0489. The van der Waals surface area contributed by atoms with Crippen LogP contribution < -0.4 is 5.32 Å². The Morgan fingerprint density at radius 1 is 1.12 bits per heavy atom. The van der Waals surface area contributed by atoms with Crippen LogP contribution in [0, 0.1) is 0 Å². The molecular weight excluding hydrogens is 357 g/mol. The van der Waals surface area contributed by atoms with Crippen molar-refractivity contribution in [2.75, 3.05) is 0 Å². The zero-order valence-corrected chi connectivity index (χ0v) is 15.8. The lowest BCUT2D eigenvalue weighted by Crippen LogP contribution is -2.50. The highest BCUT2D eigenvalue weighted by Gasteiger charge is 2.40. The SMILES string of the molecule is CC(=O)N[C@@]1(C)C[C@@H](c2cccc(Cl)c2)O[C@@H](c2ccccc2Cl)C1. The number of hydrogen-bond acceptors (Lipinski definition) is 2. The second kappa shape index (κ2) is 7.36. The van der Waals surface area contributed by atoms with Crippen molar-refractivity contribution >= 4 is 29.1 Å². The van der Waals surface area contributed by atoms with Crippen LogP contribution in [-0.2, 0) is 9.53 Å². The topological polar surface area (TPSA) is 38.3 Å². The summed E-state index contributed by atoms with van der Waals surface area (Å²) in [6, 6.07) is 15.3. The summed E-state index contributed by atoms with van der Waals surface area (Å²) < 4.78 is 6.38. The van der Waals surface area contributed by atoms with E-state index in [1.807, 2.05) is 48.5 Å². The van der Waals surface area contributed by atoms with Gasteiger partial charge in [-0.15, -0.1) is 0 Å². The number of carbonyl (C=O) groups is 1. The molecule has 0 saturated carbocycles. The monoisotopic (exact) mass is 377 g/mol. The second-order valence-electron chi connectivity index (χ2n) is 6.84. The first kappa shape index (κ1) is 18.2. The molecule has 132 valence electrons. The van der Waals surface area contributed by atoms with E-state index in [1.165, 1.54) is 0 Å². The fourth-order valence-electron chi connectivity index (χ4n) is 3.55. The van der Waals surface area contributed by atoms with Gasteiger partial charge in [0.2, 0.25) is 5.91 Å². The number of nitrogens with one attached hydrogen (secondary N) is 1. The summed E-state index contributed by atoms with van der Waals surface area (Å²) in [4.78, 5) is 11.7. The van der Waals surface area contributed by atoms with Crippen molar-refractivity contribution in [3.8, 4) is 0 Å². The highest BCUT2D eigenvalue weighted by molar-refractivity contribution is 6.31. The van der Waals surface area contributed by atoms with Crippen LogP contribution in [-0.4, -0.2) is 11.4 Å². The minimum atomic E-state index is -0.388. The second-order valence-corrected chi connectivity index (χ2v) is 7.68. The standard InChI is InChI=1S/C20H21Cl2NO2/c1-13(24)23-20(2)11-18(14-6-5-7-15(21)10-14)25-19(12-20)16-8-3-4-9-17(16)22/h3-10,18-19H,11-12H2,1-2H3,(H,23,24)/t18-,19+,20-/m0/s1. The maximum atomic E-state index is 11.7. The van der Waals surface area contributed by atoms with Gasteiger partial charge < -0.3 is 10.1 Å². The first-order valence-corrected chi connectivity index (χ1v) is 9.06. The van der Waals surface area contributed by atoms with Gasteiger partial charge in [-0.1, -0.05) is 53.5 Å². The minimum Gasteiger partial charge on any atom is -0.365 e. The van der Waals surface area contributed by atoms with Crippen LogP contribution in [0.1, 0.15) is 50.0 Å². The number of halogens is 2. The van der Waals surface area contributed by atoms with Crippen molar-refractivity contribution in [1.29, 1.82) is 0 Å². The van der Waals surface area contributed by atoms with Crippen LogP contribution in [0.3, 0.4) is 0 Å². The third kappa shape index (κ3) is 4.35. The van der Waals surface area contributed by atoms with E-state index in [0.717, 1.165) is 11.1 Å². The summed E-state index contributed by atoms with van der Waals surface area (Å²) in [7, 11) is 0. The highest BCUT2D eigenvalue weighted by atomic mass is 35.5. The molecule has 5 heteroatoms. The predicted octanol–water partition coefficient (Wildman–Crippen LogP) is 5.48. The molecule has 3 atom stereocenters. The molecule has 25 heavy (non-hydrogen) atoms. The van der Waals surface area contributed by atoms with Crippen LogP contribution in [0.4, 0.5) is 0 Å². The quantitative estimate of drug-likeness (QED) is 0.768. The third-order valence-corrected chi connectivity index (χ3v) is 5.13. The Morgan fingerprint density at radius 3 is 2.52 bits per heavy atom. The number of hydrogen-bond donors (Lipinski definition) is 1. The van der Waals surface area contributed by atoms with Gasteiger partial charge in [0, 0.05) is 35.3 Å². The van der Waals surface area contributed by atoms with E-state index >= 15 is 0 Å². The zero-order chi connectivity index (χ0) is 18.0. The molecule has 2 aromatic carbocycles. The molecule has 1 N–H and O–H groups in total. The molecule has 0 radical (unpaired) electrons. The molecule has 1 aliphatic rings. The van der Waals surface area contributed by atoms with E-state index in [2.05, 4.69) is 12.2 Å². The Balaban J connectivity index is 1.96. The largest absolute Gasteiger partial charge is 0.365 e. The smallest absolute Gasteiger partial charge is 0.217 e. The third-order valence-electron chi connectivity index (χ3n) is 4.55. The van der Waals surface area contributed by atoms with Crippen molar-refractivity contribution < 1.29 is 9.53 Å². The van der Waals surface area contributed by atoms with E-state index in [9.17, 15) is 4.79 Å². The molecule has 0 aliphatic carbocycles. The fourth-order valence-corrected chi connectivity index (χ4v) is 4.00. The Hall–Kier alpha value is -1.55. The predicted molar refractivity (Wildman–Crippen MR) is 101 cm³/mol. The van der Waals surface area contributed by atoms with Crippen LogP contribution in [0.5, 0.6) is 0 Å². The number of ether oxygens (including phenoxy) is 1. The van der Waals surface area contributed by atoms with Gasteiger partial charge in [-0.2, -0.15) is 0 Å². The van der Waals surface area contributed by atoms with Gasteiger partial charge >= 0.3 is 0 Å². The first-order chi connectivity index (χ1) is 11.9. The molecule has 0 spiro atoms. The first-order valence-electron chi connectivity index (χ1n) is 8.30. The molecule has 1 amide bonds. The molecule has 1 heterocycles. The van der Waals surface area contributed by atoms with Gasteiger partial charge in [-0.3, -0.25) is 4.79 Å². The van der Waals surface area contributed by atoms with Gasteiger partial charge in [0.05, 0.1) is 12.2 Å². The van der Waals surface area contributed by atoms with Gasteiger partial charge in [-0.25, -0.2) is 0 Å². The minimum absolute atomic E-state index is 0.0489. The normalized spacial score (nSPS) is 26.2. The Labute approximate surface area is 158 Å². The molecule has 0 bridgehead atoms. The summed E-state index contributed by atoms with van der Waals surface area (Å²) in [5, 5.41) is 4.44. The van der Waals surface area contributed by atoms with E-state index < -0.39 is 0 Å². The fraction of sp³-hybridized carbons (Fsp3) is 0.350. The summed E-state index contributed by atoms with van der Waals surface area (Å²) in [6.07, 6.45) is 0.954. The van der Waals surface area contributed by atoms with Crippen molar-refractivity contribution in [1.82, 2.24) is 5.32 Å². The molecule has 3 rings (SSSR count). The Kier molecular flexibility index (Phi) is 5.38. The molecular formula is C20H21Cl2NO2. The van der Waals surface area contributed by atoms with Crippen LogP contribution in [0.25, 0.3) is 0 Å². The molecule has 1 fully saturated rings. The highest BCUT2D eigenvalue weighted by Crippen LogP contribution is 2.45. The van der Waals surface area contributed by atoms with Crippen molar-refractivity contribution in [2.45, 2.75) is 44.4 Å². The number of carbonyl (C=O) groups excluding carboxylic acids is 1. The van der Waals surface area contributed by atoms with Gasteiger partial charge in [0.1, 0.15) is 0 Å². The molecule has 2 aromatic rings. The molecule has 1 saturated heterocycles. The average Bonchev–Trinajstić information content (AvgIpc) is 2.53. The van der Waals surface area contributed by atoms with Gasteiger partial charge in [0.25, 0.3) is 0 Å². The maximum absolute atomic E-state index is 11.7. The van der Waals surface area contributed by atoms with Crippen LogP contribution >= 0.6 is 23.2 Å². The lowest BCUT2D eigenvalue weighted by molar-refractivity contribution is -0.126. The average molecular weight is 378 g/mol. The lowest BCUT2D eigenvalue weighted by Gasteiger charge is -2.43. The Bertz CT molecular complexity index is 780. The van der Waals surface area contributed by atoms with Crippen LogP contribution in [0.2, 0.25) is 10.0 Å². The summed E-state index contributed by atoms with van der Waals surface area (Å²) in [5.41, 5.74) is 1.55. The van der Waals surface area contributed by atoms with Gasteiger partial charge in [-0.05, 0) is 36.2 Å². The van der Waals surface area contributed by atoms with Crippen molar-refractivity contribution in [3.63, 3.8) is 0 Å². The van der Waals surface area contributed by atoms with E-state index in [0.29, 0.717) is 22.9 Å². The molecule has 0 aromatic heterocycles.